The highest BCUT2D eigenvalue weighted by molar-refractivity contribution is 14.0. The number of carbonyl (C=O) groups is 1. The summed E-state index contributed by atoms with van der Waals surface area (Å²) in [4.78, 5) is 18.2. The first-order valence-corrected chi connectivity index (χ1v) is 9.87. The molecule has 0 saturated carbocycles. The number of rotatable bonds is 6. The molecule has 0 spiro atoms. The van der Waals surface area contributed by atoms with Gasteiger partial charge in [0.25, 0.3) is 5.91 Å². The second-order valence-electron chi connectivity index (χ2n) is 6.62. The minimum atomic E-state index is -0.0392. The number of benzene rings is 2. The molecule has 2 aromatic carbocycles. The van der Waals surface area contributed by atoms with Gasteiger partial charge in [0.2, 0.25) is 0 Å². The van der Waals surface area contributed by atoms with Crippen molar-refractivity contribution in [1.29, 1.82) is 0 Å². The fraction of sp³-hybridized carbons (Fsp3) is 0.333. The highest BCUT2D eigenvalue weighted by Gasteiger charge is 2.12. The summed E-state index contributed by atoms with van der Waals surface area (Å²) in [5.74, 6) is 0.674. The number of nitrogens with zero attached hydrogens (tertiary/aromatic N) is 2. The number of hydrogen-bond donors (Lipinski definition) is 2. The summed E-state index contributed by atoms with van der Waals surface area (Å²) in [6.45, 7) is 5.26. The largest absolute Gasteiger partial charge is 0.357 e. The Morgan fingerprint density at radius 2 is 1.79 bits per heavy atom. The van der Waals surface area contributed by atoms with Crippen LogP contribution in [0.3, 0.4) is 0 Å². The van der Waals surface area contributed by atoms with Crippen molar-refractivity contribution in [1.82, 2.24) is 15.5 Å². The lowest BCUT2D eigenvalue weighted by molar-refractivity contribution is 0.0827. The van der Waals surface area contributed by atoms with Crippen molar-refractivity contribution in [3.05, 3.63) is 69.2 Å². The molecule has 8 heteroatoms. The Hall–Kier alpha value is -1.51. The van der Waals surface area contributed by atoms with Crippen LogP contribution in [0.5, 0.6) is 0 Å². The molecule has 29 heavy (non-hydrogen) atoms. The van der Waals surface area contributed by atoms with Crippen molar-refractivity contribution >= 4 is 59.0 Å². The molecule has 0 fully saturated rings. The van der Waals surface area contributed by atoms with Crippen LogP contribution in [-0.2, 0) is 6.54 Å². The Morgan fingerprint density at radius 3 is 2.34 bits per heavy atom. The number of carbonyl (C=O) groups excluding carboxylic acids is 1. The van der Waals surface area contributed by atoms with Crippen molar-refractivity contribution in [2.45, 2.75) is 26.4 Å². The molecule has 0 aliphatic rings. The Bertz CT molecular complexity index is 841. The number of guanidine groups is 1. The number of hydrogen-bond acceptors (Lipinski definition) is 2. The molecule has 2 N–H and O–H groups in total. The minimum absolute atomic E-state index is 0. The molecule has 0 saturated heterocycles. The van der Waals surface area contributed by atoms with Crippen molar-refractivity contribution in [3.63, 3.8) is 0 Å². The number of halogens is 3. The lowest BCUT2D eigenvalue weighted by Crippen LogP contribution is -2.38. The summed E-state index contributed by atoms with van der Waals surface area (Å²) in [5, 5.41) is 7.82. The molecule has 5 nitrogen and oxygen atoms in total. The third kappa shape index (κ3) is 7.68. The van der Waals surface area contributed by atoms with Crippen LogP contribution in [0.4, 0.5) is 0 Å². The predicted octanol–water partition coefficient (Wildman–Crippen LogP) is 5.13. The van der Waals surface area contributed by atoms with Gasteiger partial charge in [0.15, 0.2) is 5.96 Å². The molecular formula is C21H27Cl2IN4O. The zero-order chi connectivity index (χ0) is 20.7. The van der Waals surface area contributed by atoms with E-state index in [1.165, 1.54) is 0 Å². The molecule has 2 rings (SSSR count). The Kier molecular flexibility index (Phi) is 10.8. The molecular weight excluding hydrogens is 522 g/mol. The molecule has 0 bridgehead atoms. The first kappa shape index (κ1) is 25.5. The maximum absolute atomic E-state index is 12.0. The molecule has 158 valence electrons. The summed E-state index contributed by atoms with van der Waals surface area (Å²) < 4.78 is 0. The van der Waals surface area contributed by atoms with Crippen molar-refractivity contribution in [2.75, 3.05) is 20.6 Å². The van der Waals surface area contributed by atoms with E-state index in [4.69, 9.17) is 23.2 Å². The molecule has 1 unspecified atom stereocenters. The van der Waals surface area contributed by atoms with E-state index in [1.807, 2.05) is 50.2 Å². The molecule has 0 heterocycles. The number of amides is 1. The molecule has 0 aliphatic heterocycles. The average molecular weight is 549 g/mol. The van der Waals surface area contributed by atoms with Crippen LogP contribution in [0, 0.1) is 0 Å². The summed E-state index contributed by atoms with van der Waals surface area (Å²) in [6, 6.07) is 12.9. The van der Waals surface area contributed by atoms with Crippen LogP contribution >= 0.6 is 47.2 Å². The van der Waals surface area contributed by atoms with E-state index in [-0.39, 0.29) is 35.9 Å². The monoisotopic (exact) mass is 548 g/mol. The van der Waals surface area contributed by atoms with Crippen LogP contribution in [0.2, 0.25) is 10.0 Å². The first-order valence-electron chi connectivity index (χ1n) is 9.12. The molecule has 1 atom stereocenters. The Labute approximate surface area is 199 Å². The summed E-state index contributed by atoms with van der Waals surface area (Å²) in [7, 11) is 3.48. The number of aliphatic imine (C=N–C) groups is 1. The molecule has 0 aliphatic carbocycles. The van der Waals surface area contributed by atoms with E-state index in [9.17, 15) is 4.79 Å². The number of nitrogens with one attached hydrogen (secondary N) is 2. The fourth-order valence-electron chi connectivity index (χ4n) is 2.64. The third-order valence-electron chi connectivity index (χ3n) is 4.15. The van der Waals surface area contributed by atoms with E-state index in [1.54, 1.807) is 25.1 Å². The maximum atomic E-state index is 12.0. The van der Waals surface area contributed by atoms with Crippen molar-refractivity contribution in [3.8, 4) is 0 Å². The van der Waals surface area contributed by atoms with Gasteiger partial charge in [-0.25, -0.2) is 4.99 Å². The SMILES string of the molecule is CCNC(=NCc1ccc(C(=O)N(C)C)cc1)NC(C)c1ccc(Cl)cc1Cl.I. The van der Waals surface area contributed by atoms with Gasteiger partial charge in [0.05, 0.1) is 12.6 Å². The lowest BCUT2D eigenvalue weighted by atomic mass is 10.1. The average Bonchev–Trinajstić information content (AvgIpc) is 2.66. The fourth-order valence-corrected chi connectivity index (χ4v) is 3.21. The van der Waals surface area contributed by atoms with Crippen LogP contribution in [0.25, 0.3) is 0 Å². The van der Waals surface area contributed by atoms with Gasteiger partial charge in [0.1, 0.15) is 0 Å². The minimum Gasteiger partial charge on any atom is -0.357 e. The predicted molar refractivity (Wildman–Crippen MR) is 133 cm³/mol. The van der Waals surface area contributed by atoms with Gasteiger partial charge in [-0.1, -0.05) is 41.4 Å². The van der Waals surface area contributed by atoms with Crippen molar-refractivity contribution in [2.24, 2.45) is 4.99 Å². The van der Waals surface area contributed by atoms with Gasteiger partial charge in [-0.2, -0.15) is 0 Å². The topological polar surface area (TPSA) is 56.7 Å². The highest BCUT2D eigenvalue weighted by atomic mass is 127. The molecule has 1 amide bonds. The Morgan fingerprint density at radius 1 is 1.14 bits per heavy atom. The highest BCUT2D eigenvalue weighted by Crippen LogP contribution is 2.26. The van der Waals surface area contributed by atoms with Crippen LogP contribution in [-0.4, -0.2) is 37.4 Å². The van der Waals surface area contributed by atoms with Crippen LogP contribution in [0.1, 0.15) is 41.4 Å². The van der Waals surface area contributed by atoms with Gasteiger partial charge in [-0.05, 0) is 49.2 Å². The zero-order valence-corrected chi connectivity index (χ0v) is 20.8. The standard InChI is InChI=1S/C21H26Cl2N4O.HI/c1-5-24-21(26-14(2)18-11-10-17(22)12-19(18)23)25-13-15-6-8-16(9-7-15)20(28)27(3)4;/h6-12,14H,5,13H2,1-4H3,(H2,24,25,26);1H. The second kappa shape index (κ2) is 12.2. The van der Waals surface area contributed by atoms with E-state index in [0.717, 1.165) is 17.7 Å². The normalized spacial score (nSPS) is 12.0. The Balaban J connectivity index is 0.00000420. The molecule has 0 radical (unpaired) electrons. The third-order valence-corrected chi connectivity index (χ3v) is 4.72. The van der Waals surface area contributed by atoms with Gasteiger partial charge in [-0.3, -0.25) is 4.79 Å². The van der Waals surface area contributed by atoms with Crippen LogP contribution < -0.4 is 10.6 Å². The van der Waals surface area contributed by atoms with Gasteiger partial charge >= 0.3 is 0 Å². The lowest BCUT2D eigenvalue weighted by Gasteiger charge is -2.19. The van der Waals surface area contributed by atoms with Crippen LogP contribution in [0.15, 0.2) is 47.5 Å². The van der Waals surface area contributed by atoms with Crippen molar-refractivity contribution < 1.29 is 4.79 Å². The quantitative estimate of drug-likeness (QED) is 0.299. The summed E-state index contributed by atoms with van der Waals surface area (Å²) in [5.41, 5.74) is 2.63. The second-order valence-corrected chi connectivity index (χ2v) is 7.47. The van der Waals surface area contributed by atoms with Gasteiger partial charge in [0, 0.05) is 36.2 Å². The maximum Gasteiger partial charge on any atom is 0.253 e. The van der Waals surface area contributed by atoms with E-state index >= 15 is 0 Å². The summed E-state index contributed by atoms with van der Waals surface area (Å²) >= 11 is 12.3. The van der Waals surface area contributed by atoms with E-state index in [0.29, 0.717) is 28.1 Å². The van der Waals surface area contributed by atoms with E-state index < -0.39 is 0 Å². The summed E-state index contributed by atoms with van der Waals surface area (Å²) in [6.07, 6.45) is 0. The smallest absolute Gasteiger partial charge is 0.253 e. The van der Waals surface area contributed by atoms with Gasteiger partial charge < -0.3 is 15.5 Å². The van der Waals surface area contributed by atoms with E-state index in [2.05, 4.69) is 15.6 Å². The molecule has 0 aromatic heterocycles. The first-order chi connectivity index (χ1) is 13.3. The van der Waals surface area contributed by atoms with Gasteiger partial charge in [-0.15, -0.1) is 24.0 Å². The zero-order valence-electron chi connectivity index (χ0n) is 17.0. The molecule has 2 aromatic rings.